The van der Waals surface area contributed by atoms with Crippen molar-refractivity contribution in [1.82, 2.24) is 19.2 Å². The van der Waals surface area contributed by atoms with Crippen molar-refractivity contribution in [3.8, 4) is 0 Å². The van der Waals surface area contributed by atoms with Crippen molar-refractivity contribution in [3.63, 3.8) is 0 Å². The van der Waals surface area contributed by atoms with Gasteiger partial charge in [0.25, 0.3) is 11.5 Å². The molecule has 4 heterocycles. The third kappa shape index (κ3) is 6.63. The number of unbranched alkanes of at least 4 members (excludes halogenated alkanes) is 5. The molecule has 9 nitrogen and oxygen atoms in total. The van der Waals surface area contributed by atoms with E-state index in [-0.39, 0.29) is 17.6 Å². The summed E-state index contributed by atoms with van der Waals surface area (Å²) in [5, 5.41) is 0. The quantitative estimate of drug-likeness (QED) is 0.227. The standard InChI is InChI=1S/C28H37N5O4S2/c1-4-6-7-8-9-10-13-33-26(35)22(39-28(33)38)19-21-24(29-23-20(3)12-11-14-32(23)25(21)34)30-15-17-31(18-16-30)27(36)37-5-2/h11-12,14,19H,4-10,13,15-18H2,1-3H3. The van der Waals surface area contributed by atoms with E-state index < -0.39 is 0 Å². The SMILES string of the molecule is CCCCCCCCN1C(=O)C(=Cc2c(N3CCN(C(=O)OCC)CC3)nc3c(C)cccn3c2=O)SC1=S. The van der Waals surface area contributed by atoms with Gasteiger partial charge in [-0.3, -0.25) is 18.9 Å². The summed E-state index contributed by atoms with van der Waals surface area (Å²) in [4.78, 5) is 49.9. The first-order chi connectivity index (χ1) is 18.8. The molecule has 0 N–H and O–H groups in total. The normalized spacial score (nSPS) is 17.1. The van der Waals surface area contributed by atoms with Gasteiger partial charge in [0.15, 0.2) is 0 Å². The number of piperazine rings is 1. The number of hydrogen-bond donors (Lipinski definition) is 0. The van der Waals surface area contributed by atoms with Crippen LogP contribution < -0.4 is 10.5 Å². The molecule has 2 aromatic rings. The smallest absolute Gasteiger partial charge is 0.409 e. The summed E-state index contributed by atoms with van der Waals surface area (Å²) in [6.07, 6.45) is 9.78. The molecule has 0 atom stereocenters. The van der Waals surface area contributed by atoms with Gasteiger partial charge in [0.1, 0.15) is 15.8 Å². The number of thiocarbonyl (C=S) groups is 1. The highest BCUT2D eigenvalue weighted by Gasteiger charge is 2.33. The molecule has 2 aliphatic rings. The van der Waals surface area contributed by atoms with E-state index >= 15 is 0 Å². The topological polar surface area (TPSA) is 87.5 Å². The highest BCUT2D eigenvalue weighted by molar-refractivity contribution is 8.26. The van der Waals surface area contributed by atoms with Gasteiger partial charge >= 0.3 is 6.09 Å². The molecule has 11 heteroatoms. The van der Waals surface area contributed by atoms with Crippen LogP contribution in [0, 0.1) is 6.92 Å². The van der Waals surface area contributed by atoms with Crippen LogP contribution in [0.5, 0.6) is 0 Å². The van der Waals surface area contributed by atoms with Gasteiger partial charge in [0.2, 0.25) is 0 Å². The Hall–Kier alpha value is -2.92. The van der Waals surface area contributed by atoms with Gasteiger partial charge in [0, 0.05) is 38.9 Å². The number of carbonyl (C=O) groups is 2. The van der Waals surface area contributed by atoms with Crippen LogP contribution in [0.3, 0.4) is 0 Å². The van der Waals surface area contributed by atoms with E-state index in [9.17, 15) is 14.4 Å². The molecule has 0 aromatic carbocycles. The van der Waals surface area contributed by atoms with Crippen molar-refractivity contribution < 1.29 is 14.3 Å². The molecule has 2 fully saturated rings. The molecular formula is C28H37N5O4S2. The molecule has 0 radical (unpaired) electrons. The van der Waals surface area contributed by atoms with Gasteiger partial charge in [-0.25, -0.2) is 9.78 Å². The van der Waals surface area contributed by atoms with E-state index in [1.165, 1.54) is 35.4 Å². The van der Waals surface area contributed by atoms with E-state index in [2.05, 4.69) is 6.92 Å². The van der Waals surface area contributed by atoms with Gasteiger partial charge in [-0.05, 0) is 38.0 Å². The second kappa shape index (κ2) is 13.4. The molecule has 210 valence electrons. The second-order valence-corrected chi connectivity index (χ2v) is 11.5. The fourth-order valence-corrected chi connectivity index (χ4v) is 6.15. The largest absolute Gasteiger partial charge is 0.450 e. The number of anilines is 1. The first-order valence-electron chi connectivity index (χ1n) is 13.8. The second-order valence-electron chi connectivity index (χ2n) is 9.81. The molecule has 0 bridgehead atoms. The number of aryl methyl sites for hydroxylation is 1. The zero-order valence-corrected chi connectivity index (χ0v) is 24.6. The van der Waals surface area contributed by atoms with E-state index in [0.29, 0.717) is 65.6 Å². The highest BCUT2D eigenvalue weighted by atomic mass is 32.2. The number of pyridine rings is 1. The zero-order valence-electron chi connectivity index (χ0n) is 23.0. The van der Waals surface area contributed by atoms with Crippen LogP contribution in [0.4, 0.5) is 10.6 Å². The summed E-state index contributed by atoms with van der Waals surface area (Å²) in [5.41, 5.74) is 1.55. The lowest BCUT2D eigenvalue weighted by atomic mass is 10.1. The number of hydrogen-bond acceptors (Lipinski definition) is 8. The highest BCUT2D eigenvalue weighted by Crippen LogP contribution is 2.34. The van der Waals surface area contributed by atoms with E-state index in [1.54, 1.807) is 29.0 Å². The lowest BCUT2D eigenvalue weighted by molar-refractivity contribution is -0.122. The number of aromatic nitrogens is 2. The first-order valence-corrected chi connectivity index (χ1v) is 15.0. The van der Waals surface area contributed by atoms with Gasteiger partial charge in [0.05, 0.1) is 17.1 Å². The van der Waals surface area contributed by atoms with Crippen LogP contribution in [0.2, 0.25) is 0 Å². The molecule has 2 saturated heterocycles. The van der Waals surface area contributed by atoms with Crippen molar-refractivity contribution in [2.24, 2.45) is 0 Å². The Morgan fingerprint density at radius 1 is 1.10 bits per heavy atom. The molecule has 2 aromatic heterocycles. The van der Waals surface area contributed by atoms with Crippen LogP contribution in [0.25, 0.3) is 11.7 Å². The summed E-state index contributed by atoms with van der Waals surface area (Å²) >= 11 is 6.78. The van der Waals surface area contributed by atoms with E-state index in [0.717, 1.165) is 24.8 Å². The summed E-state index contributed by atoms with van der Waals surface area (Å²) in [5.74, 6) is 0.351. The van der Waals surface area contributed by atoms with Gasteiger partial charge < -0.3 is 14.5 Å². The fourth-order valence-electron chi connectivity index (χ4n) is 4.86. The third-order valence-corrected chi connectivity index (χ3v) is 8.43. The average Bonchev–Trinajstić information content (AvgIpc) is 3.20. The minimum absolute atomic E-state index is 0.162. The zero-order chi connectivity index (χ0) is 27.9. The number of ether oxygens (including phenoxy) is 1. The number of nitrogens with zero attached hydrogens (tertiary/aromatic N) is 5. The van der Waals surface area contributed by atoms with Gasteiger partial charge in [-0.2, -0.15) is 0 Å². The van der Waals surface area contributed by atoms with Crippen molar-refractivity contribution in [3.05, 3.63) is 44.7 Å². The number of carbonyl (C=O) groups excluding carboxylic acids is 2. The Bertz CT molecular complexity index is 1320. The van der Waals surface area contributed by atoms with Crippen LogP contribution in [0.15, 0.2) is 28.0 Å². The summed E-state index contributed by atoms with van der Waals surface area (Å²) < 4.78 is 7.19. The Morgan fingerprint density at radius 2 is 1.82 bits per heavy atom. The first kappa shape index (κ1) is 29.1. The average molecular weight is 572 g/mol. The molecule has 0 spiro atoms. The van der Waals surface area contributed by atoms with Gasteiger partial charge in [-0.1, -0.05) is 69.1 Å². The lowest BCUT2D eigenvalue weighted by Crippen LogP contribution is -2.49. The number of amides is 2. The molecule has 39 heavy (non-hydrogen) atoms. The van der Waals surface area contributed by atoms with Crippen molar-refractivity contribution in [2.45, 2.75) is 59.3 Å². The molecular weight excluding hydrogens is 534 g/mol. The Kier molecular flexibility index (Phi) is 10.0. The lowest BCUT2D eigenvalue weighted by Gasteiger charge is -2.35. The van der Waals surface area contributed by atoms with E-state index in [4.69, 9.17) is 21.9 Å². The summed E-state index contributed by atoms with van der Waals surface area (Å²) in [6, 6.07) is 3.73. The van der Waals surface area contributed by atoms with Gasteiger partial charge in [-0.15, -0.1) is 0 Å². The number of fused-ring (bicyclic) bond motifs is 1. The van der Waals surface area contributed by atoms with Crippen LogP contribution in [-0.2, 0) is 9.53 Å². The number of rotatable bonds is 10. The van der Waals surface area contributed by atoms with Crippen LogP contribution >= 0.6 is 24.0 Å². The molecule has 0 aliphatic carbocycles. The predicted octanol–water partition coefficient (Wildman–Crippen LogP) is 4.84. The van der Waals surface area contributed by atoms with Crippen LogP contribution in [-0.4, -0.2) is 74.8 Å². The van der Waals surface area contributed by atoms with Crippen LogP contribution in [0.1, 0.15) is 63.5 Å². The maximum Gasteiger partial charge on any atom is 0.409 e. The maximum atomic E-state index is 13.8. The van der Waals surface area contributed by atoms with E-state index in [1.807, 2.05) is 24.0 Å². The molecule has 4 rings (SSSR count). The summed E-state index contributed by atoms with van der Waals surface area (Å²) in [6.45, 7) is 8.69. The minimum Gasteiger partial charge on any atom is -0.450 e. The number of thioether (sulfide) groups is 1. The molecule has 2 amide bonds. The van der Waals surface area contributed by atoms with Crippen molar-refractivity contribution in [2.75, 3.05) is 44.2 Å². The predicted molar refractivity (Wildman–Crippen MR) is 160 cm³/mol. The third-order valence-electron chi connectivity index (χ3n) is 7.05. The van der Waals surface area contributed by atoms with Crippen molar-refractivity contribution >= 4 is 57.8 Å². The van der Waals surface area contributed by atoms with Crippen molar-refractivity contribution in [1.29, 1.82) is 0 Å². The molecule has 2 aliphatic heterocycles. The fraction of sp³-hybridized carbons (Fsp3) is 0.536. The molecule has 0 saturated carbocycles. The summed E-state index contributed by atoms with van der Waals surface area (Å²) in [7, 11) is 0. The molecule has 0 unspecified atom stereocenters. The Labute approximate surface area is 239 Å². The maximum absolute atomic E-state index is 13.8. The Morgan fingerprint density at radius 3 is 2.54 bits per heavy atom. The minimum atomic E-state index is -0.339. The Balaban J connectivity index is 1.61. The monoisotopic (exact) mass is 571 g/mol.